The minimum absolute atomic E-state index is 0. The molecule has 12 heteroatoms. The minimum Gasteiger partial charge on any atom is -0.381 e. The van der Waals surface area contributed by atoms with Gasteiger partial charge in [0, 0.05) is 63.4 Å². The molecule has 0 spiro atoms. The zero-order valence-corrected chi connectivity index (χ0v) is 27.7. The van der Waals surface area contributed by atoms with Crippen LogP contribution in [-0.2, 0) is 0 Å². The van der Waals surface area contributed by atoms with Crippen LogP contribution in [0.5, 0.6) is 0 Å². The third-order valence-electron chi connectivity index (χ3n) is 1.81. The molecule has 0 amide bonds. The van der Waals surface area contributed by atoms with Crippen molar-refractivity contribution in [2.75, 3.05) is 46.0 Å². The molecule has 0 atom stereocenters. The average molecular weight is 1030 g/mol. The normalized spacial score (nSPS) is 7.92. The fraction of sp³-hybridized carbons (Fsp3) is 1.00. The van der Waals surface area contributed by atoms with Crippen LogP contribution >= 0.6 is 98.4 Å². The molecule has 0 saturated carbocycles. The van der Waals surface area contributed by atoms with Crippen LogP contribution < -0.4 is 41.1 Å². The van der Waals surface area contributed by atoms with E-state index in [4.69, 9.17) is 22.3 Å². The molecule has 0 heterocycles. The van der Waals surface area contributed by atoms with Crippen molar-refractivity contribution in [1.29, 1.82) is 0 Å². The van der Waals surface area contributed by atoms with E-state index >= 15 is 0 Å². The smallest absolute Gasteiger partial charge is 0.0931 e. The van der Waals surface area contributed by atoms with E-state index in [-0.39, 0.29) is 30.7 Å². The molecular weight excluding hydrogens is 992 g/mol. The maximum Gasteiger partial charge on any atom is 0.0931 e. The van der Waals surface area contributed by atoms with E-state index in [1.54, 1.807) is 0 Å². The summed E-state index contributed by atoms with van der Waals surface area (Å²) in [5, 5.41) is 13.9. The molecule has 0 bridgehead atoms. The van der Waals surface area contributed by atoms with Gasteiger partial charge in [0.25, 0.3) is 0 Å². The molecule has 24 heavy (non-hydrogen) atoms. The Labute approximate surface area is 219 Å². The topological polar surface area (TPSA) is 122 Å². The Morgan fingerprint density at radius 3 is 1.54 bits per heavy atom. The van der Waals surface area contributed by atoms with Gasteiger partial charge in [0.2, 0.25) is 0 Å². The van der Waals surface area contributed by atoms with Gasteiger partial charge in [0.15, 0.2) is 0 Å². The van der Waals surface area contributed by atoms with E-state index in [2.05, 4.69) is 98.9 Å². The summed E-state index contributed by atoms with van der Waals surface area (Å²) in [6, 6.07) is 0. The Bertz CT molecular complexity index is 124. The quantitative estimate of drug-likeness (QED) is 0.113. The van der Waals surface area contributed by atoms with Crippen LogP contribution in [-0.4, -0.2) is 51.1 Å². The van der Waals surface area contributed by atoms with E-state index in [0.717, 1.165) is 6.54 Å². The van der Waals surface area contributed by atoms with Crippen LogP contribution in [0.3, 0.4) is 0 Å². The van der Waals surface area contributed by atoms with Crippen LogP contribution in [0.4, 0.5) is 0 Å². The second-order valence-corrected chi connectivity index (χ2v) is 19.9. The van der Waals surface area contributed by atoms with Crippen molar-refractivity contribution in [1.82, 2.24) is 10.6 Å². The summed E-state index contributed by atoms with van der Waals surface area (Å²) in [5.41, 5.74) is 14.8. The van der Waals surface area contributed by atoms with Crippen LogP contribution in [0.1, 0.15) is 33.1 Å². The first-order chi connectivity index (χ1) is 11.2. The molecule has 0 aliphatic carbocycles. The number of halogens is 6. The molecule has 0 rings (SSSR count). The Morgan fingerprint density at radius 1 is 0.875 bits per heavy atom. The maximum atomic E-state index is 8.03. The minimum atomic E-state index is 0. The summed E-state index contributed by atoms with van der Waals surface area (Å²) in [6.07, 6.45) is 4.03. The van der Waals surface area contributed by atoms with Crippen molar-refractivity contribution in [3.8, 4) is 0 Å². The molecule has 0 aromatic carbocycles. The van der Waals surface area contributed by atoms with Crippen molar-refractivity contribution >= 4 is 98.4 Å². The molecule has 0 aliphatic rings. The van der Waals surface area contributed by atoms with Crippen LogP contribution in [0.2, 0.25) is 0 Å². The zero-order valence-electron chi connectivity index (χ0n) is 14.5. The Balaban J connectivity index is -0.0000000453. The average Bonchev–Trinajstić information content (AvgIpc) is 2.60. The standard InChI is InChI=1S/C7H17N.C3H10N2O.C2H8N2.I3.I2.HI/c1-3-5-6-7-8-4-2;4-1-2-5-3-6;3-1-2-4;1-3-2;1-2;/h8H,3-7H2,1-2H3;5-6H,1-4H2;1-4H2;;;1H/q;;;-1;;. The van der Waals surface area contributed by atoms with Crippen LogP contribution in [0.15, 0.2) is 0 Å². The first kappa shape index (κ1) is 42.3. The number of unbranched alkanes of at least 4 members (excludes halogenated alkanes) is 2. The van der Waals surface area contributed by atoms with Gasteiger partial charge in [-0.2, -0.15) is 0 Å². The molecule has 0 aromatic heterocycles. The molecule has 6 nitrogen and oxygen atoms in total. The van der Waals surface area contributed by atoms with Crippen molar-refractivity contribution < 1.29 is 18.4 Å². The van der Waals surface area contributed by atoms with Gasteiger partial charge in [-0.05, 0) is 19.5 Å². The molecule has 0 aliphatic heterocycles. The second kappa shape index (κ2) is 63.1. The summed E-state index contributed by atoms with van der Waals surface area (Å²) in [6.45, 7) is 9.18. The van der Waals surface area contributed by atoms with Gasteiger partial charge in [0.05, 0.1) is 6.73 Å². The molecule has 0 saturated heterocycles. The predicted octanol–water partition coefficient (Wildman–Crippen LogP) is 0.339. The third kappa shape index (κ3) is 95.7. The summed E-state index contributed by atoms with van der Waals surface area (Å²) in [4.78, 5) is 0. The van der Waals surface area contributed by atoms with Gasteiger partial charge in [0.1, 0.15) is 0 Å². The van der Waals surface area contributed by atoms with Gasteiger partial charge in [-0.25, -0.2) is 0 Å². The molecule has 0 fully saturated rings. The van der Waals surface area contributed by atoms with E-state index in [9.17, 15) is 0 Å². The molecule has 0 unspecified atom stereocenters. The van der Waals surface area contributed by atoms with Crippen LogP contribution in [0.25, 0.3) is 0 Å². The van der Waals surface area contributed by atoms with Crippen LogP contribution in [0, 0.1) is 0 Å². The SMILES string of the molecule is CCCCCNCC.I.II.I[I-]I.NCCN.NCCNCO. The maximum absolute atomic E-state index is 8.03. The third-order valence-corrected chi connectivity index (χ3v) is 1.81. The van der Waals surface area contributed by atoms with Crippen molar-refractivity contribution in [3.63, 3.8) is 0 Å². The molecule has 0 aromatic rings. The summed E-state index contributed by atoms with van der Waals surface area (Å²) < 4.78 is 0. The van der Waals surface area contributed by atoms with E-state index in [1.165, 1.54) is 25.8 Å². The van der Waals surface area contributed by atoms with Gasteiger partial charge in [-0.15, -0.1) is 24.0 Å². The fourth-order valence-electron chi connectivity index (χ4n) is 0.858. The Hall–Kier alpha value is 4.14. The Morgan fingerprint density at radius 2 is 1.33 bits per heavy atom. The number of aliphatic hydroxyl groups excluding tert-OH is 1. The fourth-order valence-corrected chi connectivity index (χ4v) is 0.858. The van der Waals surface area contributed by atoms with Crippen molar-refractivity contribution in [3.05, 3.63) is 0 Å². The number of hydrogen-bond acceptors (Lipinski definition) is 6. The molecule has 0 radical (unpaired) electrons. The zero-order chi connectivity index (χ0) is 19.2. The van der Waals surface area contributed by atoms with E-state index in [1.807, 2.05) is 0 Å². The second-order valence-electron chi connectivity index (χ2n) is 3.64. The van der Waals surface area contributed by atoms with Gasteiger partial charge in [-0.3, -0.25) is 5.32 Å². The Kier molecular flexibility index (Phi) is 111. The summed E-state index contributed by atoms with van der Waals surface area (Å²) >= 11 is 9.54. The first-order valence-electron chi connectivity index (χ1n) is 7.30. The van der Waals surface area contributed by atoms with Crippen molar-refractivity contribution in [2.24, 2.45) is 17.2 Å². The van der Waals surface area contributed by atoms with E-state index in [0.29, 0.717) is 39.4 Å². The number of nitrogens with two attached hydrogens (primary N) is 3. The molecule has 158 valence electrons. The summed E-state index contributed by atoms with van der Waals surface area (Å²) in [5.74, 6) is 0. The monoisotopic (exact) mass is 1030 g/mol. The van der Waals surface area contributed by atoms with Gasteiger partial charge < -0.3 is 27.6 Å². The number of rotatable bonds is 9. The van der Waals surface area contributed by atoms with Crippen molar-refractivity contribution in [2.45, 2.75) is 33.1 Å². The van der Waals surface area contributed by atoms with Gasteiger partial charge in [-0.1, -0.05) is 26.7 Å². The molecular formula is C12H36I6N5O-. The predicted molar refractivity (Wildman–Crippen MR) is 152 cm³/mol. The summed E-state index contributed by atoms with van der Waals surface area (Å²) in [7, 11) is 0. The van der Waals surface area contributed by atoms with E-state index < -0.39 is 0 Å². The number of aliphatic hydroxyl groups is 1. The molecule has 9 N–H and O–H groups in total. The van der Waals surface area contributed by atoms with Gasteiger partial charge >= 0.3 is 50.5 Å². The first-order valence-corrected chi connectivity index (χ1v) is 26.2. The number of nitrogens with one attached hydrogen (secondary N) is 2. The largest absolute Gasteiger partial charge is 0.381 e. The number of hydrogen-bond donors (Lipinski definition) is 6.